The van der Waals surface area contributed by atoms with E-state index in [0.29, 0.717) is 0 Å². The van der Waals surface area contributed by atoms with Gasteiger partial charge in [-0.25, -0.2) is 0 Å². The Bertz CT molecular complexity index is 1360. The highest BCUT2D eigenvalue weighted by Gasteiger charge is 2.60. The van der Waals surface area contributed by atoms with Gasteiger partial charge in [0.25, 0.3) is 11.8 Å². The number of hydrogen-bond donors (Lipinski definition) is 2. The smallest absolute Gasteiger partial charge is 0.258 e. The van der Waals surface area contributed by atoms with Crippen molar-refractivity contribution in [3.63, 3.8) is 0 Å². The van der Waals surface area contributed by atoms with Crippen LogP contribution in [0.5, 0.6) is 0 Å². The Morgan fingerprint density at radius 3 is 1.46 bits per heavy atom. The van der Waals surface area contributed by atoms with E-state index < -0.39 is 0 Å². The van der Waals surface area contributed by atoms with Crippen molar-refractivity contribution in [3.05, 3.63) is 116 Å². The second kappa shape index (κ2) is 9.90. The predicted octanol–water partition coefficient (Wildman–Crippen LogP) is 7.31. The van der Waals surface area contributed by atoms with Crippen LogP contribution in [0, 0.1) is 0 Å². The van der Waals surface area contributed by atoms with Crippen molar-refractivity contribution < 1.29 is 9.59 Å². The predicted molar refractivity (Wildman–Crippen MR) is 162 cm³/mol. The zero-order valence-corrected chi connectivity index (χ0v) is 24.5. The van der Waals surface area contributed by atoms with E-state index in [1.54, 1.807) is 23.5 Å². The minimum absolute atomic E-state index is 0.0321. The van der Waals surface area contributed by atoms with Crippen LogP contribution in [0.4, 0.5) is 0 Å². The van der Waals surface area contributed by atoms with Crippen LogP contribution in [-0.2, 0) is 9.59 Å². The van der Waals surface area contributed by atoms with Gasteiger partial charge in [-0.3, -0.25) is 9.59 Å². The van der Waals surface area contributed by atoms with Gasteiger partial charge in [-0.1, -0.05) is 60.7 Å². The maximum atomic E-state index is 13.5. The molecule has 2 aromatic carbocycles. The van der Waals surface area contributed by atoms with Gasteiger partial charge in [-0.15, -0.1) is 23.5 Å². The van der Waals surface area contributed by atoms with Crippen LogP contribution < -0.4 is 10.6 Å². The Morgan fingerprint density at radius 2 is 1.08 bits per heavy atom. The fourth-order valence-electron chi connectivity index (χ4n) is 6.35. The first-order valence-corrected chi connectivity index (χ1v) is 15.4. The number of benzene rings is 2. The van der Waals surface area contributed by atoms with Crippen molar-refractivity contribution in [2.75, 3.05) is 0 Å². The van der Waals surface area contributed by atoms with Crippen molar-refractivity contribution >= 4 is 35.3 Å². The number of amides is 2. The van der Waals surface area contributed by atoms with Gasteiger partial charge in [0.15, 0.2) is 0 Å². The third-order valence-electron chi connectivity index (χ3n) is 8.73. The Balaban J connectivity index is 1.27. The average molecular weight is 555 g/mol. The van der Waals surface area contributed by atoms with Crippen molar-refractivity contribution in [1.29, 1.82) is 0 Å². The molecule has 1 saturated carbocycles. The molecule has 39 heavy (non-hydrogen) atoms. The van der Waals surface area contributed by atoms with Crippen LogP contribution in [0.25, 0.3) is 0 Å². The summed E-state index contributed by atoms with van der Waals surface area (Å²) >= 11 is 3.32. The molecule has 2 aliphatic carbocycles. The maximum Gasteiger partial charge on any atom is 0.258 e. The molecule has 6 heteroatoms. The van der Waals surface area contributed by atoms with E-state index in [2.05, 4.69) is 36.6 Å². The van der Waals surface area contributed by atoms with Gasteiger partial charge >= 0.3 is 0 Å². The van der Waals surface area contributed by atoms with Crippen LogP contribution in [0.15, 0.2) is 105 Å². The largest absolute Gasteiger partial charge is 0.345 e. The SMILES string of the molecule is C[C@@H](NC(=O)C1=CC2=C3CCCC3=C3C=C(C(=O)N[C@H](C)c4ccccc4)S[C@]3(C)[C@@]2(C)S1)c1ccccc1. The minimum atomic E-state index is -0.345. The van der Waals surface area contributed by atoms with Gasteiger partial charge in [-0.05, 0) is 92.5 Å². The molecule has 4 aliphatic rings. The van der Waals surface area contributed by atoms with Gasteiger partial charge in [0, 0.05) is 0 Å². The Kier molecular flexibility index (Phi) is 6.67. The molecule has 0 aromatic heterocycles. The third kappa shape index (κ3) is 4.33. The third-order valence-corrected chi connectivity index (χ3v) is 12.0. The van der Waals surface area contributed by atoms with E-state index in [1.807, 2.05) is 74.5 Å². The number of thioether (sulfide) groups is 2. The summed E-state index contributed by atoms with van der Waals surface area (Å²) in [7, 11) is 0. The van der Waals surface area contributed by atoms with E-state index >= 15 is 0 Å². The number of hydrogen-bond acceptors (Lipinski definition) is 4. The Labute approximate surface area is 239 Å². The zero-order valence-electron chi connectivity index (χ0n) is 22.8. The van der Waals surface area contributed by atoms with Crippen molar-refractivity contribution in [1.82, 2.24) is 10.6 Å². The number of allylic oxidation sites excluding steroid dienone is 4. The molecule has 1 fully saturated rings. The molecule has 0 unspecified atom stereocenters. The molecule has 0 saturated heterocycles. The first-order valence-electron chi connectivity index (χ1n) is 13.7. The van der Waals surface area contributed by atoms with E-state index in [4.69, 9.17) is 0 Å². The molecular formula is C33H34N2O2S2. The van der Waals surface area contributed by atoms with Crippen LogP contribution in [0.2, 0.25) is 0 Å². The molecule has 2 aromatic rings. The van der Waals surface area contributed by atoms with Crippen molar-refractivity contribution in [2.45, 2.75) is 68.5 Å². The minimum Gasteiger partial charge on any atom is -0.345 e. The van der Waals surface area contributed by atoms with Gasteiger partial charge in [0.1, 0.15) is 0 Å². The fourth-order valence-corrected chi connectivity index (χ4v) is 9.33. The quantitative estimate of drug-likeness (QED) is 0.393. The van der Waals surface area contributed by atoms with Crippen molar-refractivity contribution in [2.24, 2.45) is 0 Å². The van der Waals surface area contributed by atoms with E-state index in [1.165, 1.54) is 22.3 Å². The molecule has 0 radical (unpaired) electrons. The molecular weight excluding hydrogens is 521 g/mol. The zero-order chi connectivity index (χ0) is 27.4. The fraction of sp³-hybridized carbons (Fsp3) is 0.333. The van der Waals surface area contributed by atoms with E-state index in [-0.39, 0.29) is 33.4 Å². The summed E-state index contributed by atoms with van der Waals surface area (Å²) in [4.78, 5) is 28.5. The lowest BCUT2D eigenvalue weighted by Gasteiger charge is -2.47. The Morgan fingerprint density at radius 1 is 0.692 bits per heavy atom. The summed E-state index contributed by atoms with van der Waals surface area (Å²) < 4.78 is -0.690. The first-order chi connectivity index (χ1) is 18.7. The van der Waals surface area contributed by atoms with E-state index in [0.717, 1.165) is 40.2 Å². The summed E-state index contributed by atoms with van der Waals surface area (Å²) in [5.41, 5.74) is 7.48. The van der Waals surface area contributed by atoms with Crippen LogP contribution in [0.1, 0.15) is 70.2 Å². The number of carbonyl (C=O) groups is 2. The maximum absolute atomic E-state index is 13.5. The van der Waals surface area contributed by atoms with Crippen molar-refractivity contribution in [3.8, 4) is 0 Å². The first kappa shape index (κ1) is 26.3. The van der Waals surface area contributed by atoms with Gasteiger partial charge in [-0.2, -0.15) is 0 Å². The topological polar surface area (TPSA) is 58.2 Å². The average Bonchev–Trinajstić information content (AvgIpc) is 3.65. The number of nitrogens with one attached hydrogen (secondary N) is 2. The van der Waals surface area contributed by atoms with E-state index in [9.17, 15) is 9.59 Å². The molecule has 2 N–H and O–H groups in total. The molecule has 2 aliphatic heterocycles. The molecule has 6 rings (SSSR count). The summed E-state index contributed by atoms with van der Waals surface area (Å²) in [6.45, 7) is 8.58. The van der Waals surface area contributed by atoms with Gasteiger partial charge in [0.2, 0.25) is 0 Å². The number of rotatable bonds is 6. The second-order valence-corrected chi connectivity index (χ2v) is 14.1. The lowest BCUT2D eigenvalue weighted by molar-refractivity contribution is -0.118. The van der Waals surface area contributed by atoms with Crippen LogP contribution in [0.3, 0.4) is 0 Å². The highest BCUT2D eigenvalue weighted by Crippen LogP contribution is 2.68. The highest BCUT2D eigenvalue weighted by molar-refractivity contribution is 8.10. The molecule has 2 amide bonds. The monoisotopic (exact) mass is 554 g/mol. The molecule has 0 spiro atoms. The molecule has 0 bridgehead atoms. The number of carbonyl (C=O) groups excluding carboxylic acids is 2. The second-order valence-electron chi connectivity index (χ2n) is 11.1. The molecule has 2 heterocycles. The molecule has 4 nitrogen and oxygen atoms in total. The summed E-state index contributed by atoms with van der Waals surface area (Å²) in [6, 6.07) is 20.0. The lowest BCUT2D eigenvalue weighted by Crippen LogP contribution is -2.47. The van der Waals surface area contributed by atoms with Gasteiger partial charge in [0.05, 0.1) is 31.4 Å². The van der Waals surface area contributed by atoms with Crippen LogP contribution >= 0.6 is 23.5 Å². The van der Waals surface area contributed by atoms with Gasteiger partial charge < -0.3 is 10.6 Å². The highest BCUT2D eigenvalue weighted by atomic mass is 32.2. The summed E-state index contributed by atoms with van der Waals surface area (Å²) in [5.74, 6) is -0.0641. The number of fused-ring (bicyclic) bond motifs is 4. The normalized spacial score (nSPS) is 26.8. The Hall–Kier alpha value is -2.96. The van der Waals surface area contributed by atoms with Crippen LogP contribution in [-0.4, -0.2) is 21.3 Å². The standard InChI is InChI=1S/C33H34N2O2S2/c1-20(22-12-7-5-8-13-22)34-30(36)28-18-26-24-16-11-17-25(24)27-19-29(39-33(27,4)32(26,3)38-28)31(37)35-21(2)23-14-9-6-10-15-23/h5-10,12-15,18-21H,11,16-17H2,1-4H3,(H,34,36)(H,35,37)/t20-,21-,32+,33+/m1/s1. The summed E-state index contributed by atoms with van der Waals surface area (Å²) in [6.07, 6.45) is 7.43. The lowest BCUT2D eigenvalue weighted by atomic mass is 9.72. The molecule has 4 atom stereocenters. The summed E-state index contributed by atoms with van der Waals surface area (Å²) in [5, 5.41) is 6.43. The molecule has 200 valence electrons.